The van der Waals surface area contributed by atoms with Gasteiger partial charge in [0.1, 0.15) is 11.4 Å². The van der Waals surface area contributed by atoms with Crippen molar-refractivity contribution < 1.29 is 32.5 Å². The molecule has 0 aliphatic heterocycles. The number of nitro groups is 1. The summed E-state index contributed by atoms with van der Waals surface area (Å²) in [4.78, 5) is 10.1. The fourth-order valence-electron chi connectivity index (χ4n) is 2.35. The molecule has 0 fully saturated rings. The molecule has 0 spiro atoms. The summed E-state index contributed by atoms with van der Waals surface area (Å²) >= 11 is 0. The summed E-state index contributed by atoms with van der Waals surface area (Å²) in [6.45, 7) is 0. The van der Waals surface area contributed by atoms with Crippen LogP contribution in [0.1, 0.15) is 5.69 Å². The van der Waals surface area contributed by atoms with Crippen LogP contribution in [0.3, 0.4) is 0 Å². The number of phenolic OH excluding ortho intramolecular Hbond substituents is 1. The number of hydrogen-bond acceptors (Lipinski definition) is 6. The number of benzene rings is 1. The quantitative estimate of drug-likeness (QED) is 0.329. The summed E-state index contributed by atoms with van der Waals surface area (Å²) in [5.41, 5.74) is -2.44. The van der Waals surface area contributed by atoms with Gasteiger partial charge in [0.05, 0.1) is 16.6 Å². The number of phenols is 1. The maximum atomic E-state index is 13.1. The van der Waals surface area contributed by atoms with E-state index in [2.05, 4.69) is 5.16 Å². The van der Waals surface area contributed by atoms with Crippen molar-refractivity contribution in [3.8, 4) is 28.3 Å². The van der Waals surface area contributed by atoms with Gasteiger partial charge in [-0.05, 0) is 12.1 Å². The predicted octanol–water partition coefficient (Wildman–Crippen LogP) is 3.27. The van der Waals surface area contributed by atoms with E-state index in [1.54, 1.807) is 0 Å². The maximum absolute atomic E-state index is 13.1. The normalized spacial score (nSPS) is 11.5. The summed E-state index contributed by atoms with van der Waals surface area (Å²) in [6, 6.07) is 6.35. The molecule has 0 saturated heterocycles. The highest BCUT2D eigenvalue weighted by Gasteiger charge is 2.43. The van der Waals surface area contributed by atoms with E-state index in [9.17, 15) is 33.6 Å². The van der Waals surface area contributed by atoms with Gasteiger partial charge in [0.25, 0.3) is 5.69 Å². The first-order valence-electron chi connectivity index (χ1n) is 6.92. The zero-order valence-electron chi connectivity index (χ0n) is 12.6. The third-order valence-electron chi connectivity index (χ3n) is 3.41. The van der Waals surface area contributed by atoms with Gasteiger partial charge >= 0.3 is 11.9 Å². The summed E-state index contributed by atoms with van der Waals surface area (Å²) in [5.74, 6) is -0.782. The maximum Gasteiger partial charge on any atom is 0.479 e. The van der Waals surface area contributed by atoms with Gasteiger partial charge in [0, 0.05) is 23.8 Å². The zero-order valence-corrected chi connectivity index (χ0v) is 12.6. The Morgan fingerprint density at radius 3 is 2.62 bits per heavy atom. The lowest BCUT2D eigenvalue weighted by Crippen LogP contribution is -2.37. The van der Waals surface area contributed by atoms with Crippen molar-refractivity contribution in [2.75, 3.05) is 0 Å². The van der Waals surface area contributed by atoms with Gasteiger partial charge in [0.2, 0.25) is 0 Å². The summed E-state index contributed by atoms with van der Waals surface area (Å²) in [5, 5.41) is 35.5. The molecular formula is C15H8F3N3O5. The minimum atomic E-state index is -4.94. The number of nitrogens with zero attached hydrogens (tertiary/aromatic N) is 3. The molecule has 3 rings (SSSR count). The number of alkyl halides is 3. The first-order chi connectivity index (χ1) is 12.2. The van der Waals surface area contributed by atoms with Gasteiger partial charge in [-0.1, -0.05) is 5.16 Å². The molecule has 26 heavy (non-hydrogen) atoms. The standard InChI is InChI=1S/C15H8F3N3O5/c16-15(17,18)14-11(2-1-3-20(14)23)13-7-12(19-26-13)8-4-9(21(24)25)6-10(22)5-8/h1-7,22H. The van der Waals surface area contributed by atoms with Crippen molar-refractivity contribution in [2.45, 2.75) is 6.18 Å². The van der Waals surface area contributed by atoms with Gasteiger partial charge in [-0.3, -0.25) is 10.1 Å². The molecule has 1 aromatic carbocycles. The van der Waals surface area contributed by atoms with Crippen molar-refractivity contribution in [2.24, 2.45) is 0 Å². The van der Waals surface area contributed by atoms with Crippen LogP contribution >= 0.6 is 0 Å². The van der Waals surface area contributed by atoms with E-state index in [4.69, 9.17) is 4.52 Å². The number of nitro benzene ring substituents is 1. The second-order valence-electron chi connectivity index (χ2n) is 5.17. The molecule has 0 unspecified atom stereocenters. The Bertz CT molecular complexity index is 1000. The molecule has 2 heterocycles. The van der Waals surface area contributed by atoms with Gasteiger partial charge in [-0.15, -0.1) is 0 Å². The Morgan fingerprint density at radius 1 is 1.23 bits per heavy atom. The number of aromatic hydroxyl groups is 1. The Labute approximate surface area is 142 Å². The van der Waals surface area contributed by atoms with Crippen molar-refractivity contribution in [1.82, 2.24) is 5.16 Å². The smallest absolute Gasteiger partial charge is 0.479 e. The molecule has 0 saturated carbocycles. The molecule has 0 atom stereocenters. The van der Waals surface area contributed by atoms with Crippen LogP contribution in [0, 0.1) is 15.3 Å². The van der Waals surface area contributed by atoms with Crippen molar-refractivity contribution in [1.29, 1.82) is 0 Å². The number of halogens is 3. The van der Waals surface area contributed by atoms with Crippen molar-refractivity contribution in [3.63, 3.8) is 0 Å². The topological polar surface area (TPSA) is 116 Å². The second kappa shape index (κ2) is 6.02. The summed E-state index contributed by atoms with van der Waals surface area (Å²) in [7, 11) is 0. The van der Waals surface area contributed by atoms with Gasteiger partial charge in [-0.25, -0.2) is 0 Å². The average molecular weight is 367 g/mol. The van der Waals surface area contributed by atoms with E-state index in [0.717, 1.165) is 36.4 Å². The number of aromatic nitrogens is 2. The Morgan fingerprint density at radius 2 is 1.96 bits per heavy atom. The van der Waals surface area contributed by atoms with E-state index in [-0.39, 0.29) is 21.7 Å². The highest BCUT2D eigenvalue weighted by Crippen LogP contribution is 2.36. The Balaban J connectivity index is 2.11. The molecule has 0 aliphatic carbocycles. The third-order valence-corrected chi connectivity index (χ3v) is 3.41. The Kier molecular flexibility index (Phi) is 3.98. The minimum absolute atomic E-state index is 0.0478. The van der Waals surface area contributed by atoms with Gasteiger partial charge < -0.3 is 14.8 Å². The van der Waals surface area contributed by atoms with Crippen LogP contribution in [0.25, 0.3) is 22.6 Å². The monoisotopic (exact) mass is 367 g/mol. The summed E-state index contributed by atoms with van der Waals surface area (Å²) < 4.78 is 43.9. The lowest BCUT2D eigenvalue weighted by atomic mass is 10.1. The molecular weight excluding hydrogens is 359 g/mol. The van der Waals surface area contributed by atoms with Crippen LogP contribution in [-0.2, 0) is 6.18 Å². The van der Waals surface area contributed by atoms with Gasteiger partial charge in [-0.2, -0.15) is 17.9 Å². The molecule has 11 heteroatoms. The highest BCUT2D eigenvalue weighted by atomic mass is 19.4. The van der Waals surface area contributed by atoms with Gasteiger partial charge in [0.15, 0.2) is 12.0 Å². The number of pyridine rings is 1. The van der Waals surface area contributed by atoms with Crippen molar-refractivity contribution in [3.05, 3.63) is 63.6 Å². The van der Waals surface area contributed by atoms with E-state index in [0.29, 0.717) is 6.20 Å². The van der Waals surface area contributed by atoms with E-state index in [1.165, 1.54) is 0 Å². The van der Waals surface area contributed by atoms with E-state index < -0.39 is 33.8 Å². The van der Waals surface area contributed by atoms with E-state index in [1.807, 2.05) is 0 Å². The second-order valence-corrected chi connectivity index (χ2v) is 5.17. The molecule has 8 nitrogen and oxygen atoms in total. The first kappa shape index (κ1) is 17.2. The van der Waals surface area contributed by atoms with Crippen LogP contribution in [0.4, 0.5) is 18.9 Å². The lowest BCUT2D eigenvalue weighted by Gasteiger charge is -2.09. The number of non-ortho nitro benzene ring substituents is 1. The van der Waals surface area contributed by atoms with Crippen LogP contribution in [0.2, 0.25) is 0 Å². The molecule has 1 N–H and O–H groups in total. The molecule has 3 aromatic rings. The number of rotatable bonds is 3. The minimum Gasteiger partial charge on any atom is -0.618 e. The van der Waals surface area contributed by atoms with Crippen LogP contribution in [0.5, 0.6) is 5.75 Å². The summed E-state index contributed by atoms with van der Waals surface area (Å²) in [6.07, 6.45) is -4.24. The fraction of sp³-hybridized carbons (Fsp3) is 0.0667. The fourth-order valence-corrected chi connectivity index (χ4v) is 2.35. The van der Waals surface area contributed by atoms with Crippen LogP contribution in [-0.4, -0.2) is 15.2 Å². The SMILES string of the molecule is O=[N+]([O-])c1cc(O)cc(-c2cc(-c3ccc[n+]([O-])c3C(F)(F)F)on2)c1. The Hall–Kier alpha value is -3.63. The predicted molar refractivity (Wildman–Crippen MR) is 79.7 cm³/mol. The lowest BCUT2D eigenvalue weighted by molar-refractivity contribution is -0.628. The largest absolute Gasteiger partial charge is 0.618 e. The molecule has 0 radical (unpaired) electrons. The van der Waals surface area contributed by atoms with Crippen LogP contribution in [0.15, 0.2) is 47.1 Å². The molecule has 134 valence electrons. The molecule has 0 bridgehead atoms. The zero-order chi connectivity index (χ0) is 19.1. The first-order valence-corrected chi connectivity index (χ1v) is 6.92. The molecule has 0 aliphatic rings. The van der Waals surface area contributed by atoms with Crippen molar-refractivity contribution >= 4 is 5.69 Å². The molecule has 2 aromatic heterocycles. The molecule has 0 amide bonds. The third kappa shape index (κ3) is 3.14. The van der Waals surface area contributed by atoms with Crippen LogP contribution < -0.4 is 4.73 Å². The average Bonchev–Trinajstić information content (AvgIpc) is 3.02. The number of hydrogen-bond donors (Lipinski definition) is 1. The van der Waals surface area contributed by atoms with E-state index >= 15 is 0 Å². The highest BCUT2D eigenvalue weighted by molar-refractivity contribution is 5.70.